The van der Waals surface area contributed by atoms with Crippen molar-refractivity contribution >= 4 is 11.9 Å². The number of amides is 1. The molecule has 0 aliphatic carbocycles. The highest BCUT2D eigenvalue weighted by atomic mass is 19.4. The first-order valence-corrected chi connectivity index (χ1v) is 9.39. The molecule has 1 aromatic carbocycles. The van der Waals surface area contributed by atoms with Crippen LogP contribution >= 0.6 is 0 Å². The van der Waals surface area contributed by atoms with Gasteiger partial charge in [0.25, 0.3) is 0 Å². The Morgan fingerprint density at radius 1 is 1.14 bits per heavy atom. The number of nitrogens with one attached hydrogen (secondary N) is 2. The van der Waals surface area contributed by atoms with Gasteiger partial charge in [-0.3, -0.25) is 4.79 Å². The molecule has 1 aliphatic rings. The lowest BCUT2D eigenvalue weighted by molar-refractivity contribution is -0.176. The molecule has 1 amide bonds. The summed E-state index contributed by atoms with van der Waals surface area (Å²) in [6, 6.07) is 7.04. The van der Waals surface area contributed by atoms with E-state index in [0.29, 0.717) is 24.6 Å². The summed E-state index contributed by atoms with van der Waals surface area (Å²) >= 11 is 0. The van der Waals surface area contributed by atoms with Gasteiger partial charge in [-0.15, -0.1) is 0 Å². The van der Waals surface area contributed by atoms with Crippen molar-refractivity contribution in [2.75, 3.05) is 32.8 Å². The number of carbonyl (C=O) groups is 1. The number of guanidine groups is 1. The maximum Gasteiger partial charge on any atom is 0.411 e. The van der Waals surface area contributed by atoms with Gasteiger partial charge in [-0.25, -0.2) is 4.99 Å². The molecule has 1 aromatic rings. The first-order chi connectivity index (χ1) is 13.4. The molecule has 1 heterocycles. The zero-order valence-corrected chi connectivity index (χ0v) is 16.0. The smallest absolute Gasteiger partial charge is 0.367 e. The molecule has 1 saturated heterocycles. The van der Waals surface area contributed by atoms with Crippen molar-refractivity contribution in [3.05, 3.63) is 35.4 Å². The first-order valence-electron chi connectivity index (χ1n) is 9.39. The summed E-state index contributed by atoms with van der Waals surface area (Å²) in [5, 5.41) is 6.14. The molecule has 1 aliphatic heterocycles. The van der Waals surface area contributed by atoms with Crippen LogP contribution in [0.1, 0.15) is 30.9 Å². The van der Waals surface area contributed by atoms with E-state index in [2.05, 4.69) is 20.4 Å². The van der Waals surface area contributed by atoms with E-state index in [1.807, 2.05) is 11.8 Å². The van der Waals surface area contributed by atoms with E-state index in [4.69, 9.17) is 0 Å². The van der Waals surface area contributed by atoms with Gasteiger partial charge in [0.1, 0.15) is 6.61 Å². The third-order valence-electron chi connectivity index (χ3n) is 4.19. The Balaban J connectivity index is 1.81. The minimum atomic E-state index is -4.32. The Morgan fingerprint density at radius 3 is 2.39 bits per heavy atom. The molecular formula is C19H27F3N4O2. The highest BCUT2D eigenvalue weighted by molar-refractivity contribution is 5.86. The van der Waals surface area contributed by atoms with Gasteiger partial charge < -0.3 is 20.3 Å². The summed E-state index contributed by atoms with van der Waals surface area (Å²) in [7, 11) is 0. The van der Waals surface area contributed by atoms with Crippen LogP contribution in [0.15, 0.2) is 29.3 Å². The summed E-state index contributed by atoms with van der Waals surface area (Å²) in [5.41, 5.74) is 1.57. The summed E-state index contributed by atoms with van der Waals surface area (Å²) in [6.07, 6.45) is -2.21. The summed E-state index contributed by atoms with van der Waals surface area (Å²) in [5.74, 6) is 0.610. The van der Waals surface area contributed by atoms with Crippen molar-refractivity contribution in [1.82, 2.24) is 15.5 Å². The Hall–Kier alpha value is -2.29. The normalized spacial score (nSPS) is 15.0. The number of ether oxygens (including phenoxy) is 1. The average Bonchev–Trinajstić information content (AvgIpc) is 3.18. The first kappa shape index (κ1) is 22.0. The number of hydrogen-bond donors (Lipinski definition) is 2. The van der Waals surface area contributed by atoms with Crippen molar-refractivity contribution in [2.45, 2.75) is 39.1 Å². The second kappa shape index (κ2) is 10.9. The second-order valence-corrected chi connectivity index (χ2v) is 6.56. The molecular weight excluding hydrogens is 373 g/mol. The number of aliphatic imine (C=N–C) groups is 1. The maximum atomic E-state index is 12.1. The van der Waals surface area contributed by atoms with Gasteiger partial charge in [-0.05, 0) is 30.9 Å². The Labute approximate surface area is 163 Å². The van der Waals surface area contributed by atoms with Crippen molar-refractivity contribution < 1.29 is 22.7 Å². The van der Waals surface area contributed by atoms with Crippen molar-refractivity contribution in [3.8, 4) is 0 Å². The van der Waals surface area contributed by atoms with Gasteiger partial charge in [-0.1, -0.05) is 24.3 Å². The van der Waals surface area contributed by atoms with Gasteiger partial charge in [0.2, 0.25) is 5.91 Å². The molecule has 0 unspecified atom stereocenters. The predicted octanol–water partition coefficient (Wildman–Crippen LogP) is 2.44. The van der Waals surface area contributed by atoms with Crippen LogP contribution < -0.4 is 10.6 Å². The van der Waals surface area contributed by atoms with Crippen LogP contribution in [0.25, 0.3) is 0 Å². The number of likely N-dealkylation sites (tertiary alicyclic amines) is 1. The molecule has 2 N–H and O–H groups in total. The molecule has 0 saturated carbocycles. The largest absolute Gasteiger partial charge is 0.411 e. The van der Waals surface area contributed by atoms with Gasteiger partial charge in [-0.2, -0.15) is 13.2 Å². The lowest BCUT2D eigenvalue weighted by Crippen LogP contribution is -2.44. The third kappa shape index (κ3) is 8.16. The molecule has 0 bridgehead atoms. The Kier molecular flexibility index (Phi) is 8.56. The minimum absolute atomic E-state index is 0.0614. The molecule has 2 rings (SSSR count). The topological polar surface area (TPSA) is 66.0 Å². The number of alkyl halides is 3. The molecule has 156 valence electrons. The van der Waals surface area contributed by atoms with Crippen LogP contribution in [0.2, 0.25) is 0 Å². The van der Waals surface area contributed by atoms with Crippen molar-refractivity contribution in [3.63, 3.8) is 0 Å². The number of benzene rings is 1. The van der Waals surface area contributed by atoms with Crippen LogP contribution in [0, 0.1) is 0 Å². The quantitative estimate of drug-likeness (QED) is 0.520. The Bertz CT molecular complexity index is 642. The lowest BCUT2D eigenvalue weighted by atomic mass is 10.1. The number of rotatable bonds is 8. The van der Waals surface area contributed by atoms with Crippen LogP contribution in [0.3, 0.4) is 0 Å². The van der Waals surface area contributed by atoms with E-state index in [-0.39, 0.29) is 19.1 Å². The predicted molar refractivity (Wildman–Crippen MR) is 101 cm³/mol. The fourth-order valence-corrected chi connectivity index (χ4v) is 2.78. The summed E-state index contributed by atoms with van der Waals surface area (Å²) in [6.45, 7) is 3.46. The van der Waals surface area contributed by atoms with Crippen molar-refractivity contribution in [2.24, 2.45) is 4.99 Å². The molecule has 0 spiro atoms. The van der Waals surface area contributed by atoms with Gasteiger partial charge >= 0.3 is 6.18 Å². The zero-order valence-electron chi connectivity index (χ0n) is 16.0. The maximum absolute atomic E-state index is 12.1. The number of carbonyl (C=O) groups excluding carboxylic acids is 1. The standard InChI is InChI=1S/C19H27F3N4O2/c1-2-23-18(25-12-17(27)26-9-3-4-10-26)24-11-15-5-7-16(8-6-15)13-28-14-19(20,21)22/h5-8H,2-4,9-14H2,1H3,(H2,23,24,25). The fraction of sp³-hybridized carbons (Fsp3) is 0.579. The zero-order chi connectivity index (χ0) is 20.4. The Morgan fingerprint density at radius 2 is 1.79 bits per heavy atom. The second-order valence-electron chi connectivity index (χ2n) is 6.56. The molecule has 9 heteroatoms. The van der Waals surface area contributed by atoms with E-state index >= 15 is 0 Å². The molecule has 6 nitrogen and oxygen atoms in total. The number of hydrogen-bond acceptors (Lipinski definition) is 3. The van der Waals surface area contributed by atoms with E-state index in [0.717, 1.165) is 31.5 Å². The van der Waals surface area contributed by atoms with E-state index in [1.165, 1.54) is 0 Å². The van der Waals surface area contributed by atoms with E-state index in [1.54, 1.807) is 24.3 Å². The van der Waals surface area contributed by atoms with E-state index in [9.17, 15) is 18.0 Å². The molecule has 0 atom stereocenters. The highest BCUT2D eigenvalue weighted by Crippen LogP contribution is 2.16. The monoisotopic (exact) mass is 400 g/mol. The molecule has 1 fully saturated rings. The number of halogens is 3. The van der Waals surface area contributed by atoms with Gasteiger partial charge in [0.15, 0.2) is 5.96 Å². The minimum Gasteiger partial charge on any atom is -0.367 e. The van der Waals surface area contributed by atoms with Crippen LogP contribution in [0.4, 0.5) is 13.2 Å². The average molecular weight is 400 g/mol. The summed E-state index contributed by atoms with van der Waals surface area (Å²) < 4.78 is 40.9. The molecule has 0 aromatic heterocycles. The SMILES string of the molecule is CCNC(=NCc1ccc(COCC(F)(F)F)cc1)NCC(=O)N1CCCC1. The number of nitrogens with zero attached hydrogens (tertiary/aromatic N) is 2. The lowest BCUT2D eigenvalue weighted by Gasteiger charge is -2.17. The molecule has 0 radical (unpaired) electrons. The summed E-state index contributed by atoms with van der Waals surface area (Å²) in [4.78, 5) is 18.4. The van der Waals surface area contributed by atoms with E-state index < -0.39 is 12.8 Å². The highest BCUT2D eigenvalue weighted by Gasteiger charge is 2.27. The van der Waals surface area contributed by atoms with Gasteiger partial charge in [0.05, 0.1) is 19.7 Å². The fourth-order valence-electron chi connectivity index (χ4n) is 2.78. The third-order valence-corrected chi connectivity index (χ3v) is 4.19. The van der Waals surface area contributed by atoms with Crippen LogP contribution in [-0.4, -0.2) is 55.7 Å². The van der Waals surface area contributed by atoms with Gasteiger partial charge in [0, 0.05) is 19.6 Å². The van der Waals surface area contributed by atoms with Crippen LogP contribution in [0.5, 0.6) is 0 Å². The molecule has 28 heavy (non-hydrogen) atoms. The van der Waals surface area contributed by atoms with Crippen LogP contribution in [-0.2, 0) is 22.7 Å². The van der Waals surface area contributed by atoms with Crippen molar-refractivity contribution in [1.29, 1.82) is 0 Å².